The van der Waals surface area contributed by atoms with Crippen LogP contribution in [0, 0.1) is 0 Å². The Kier molecular flexibility index (Phi) is 4.00. The Balaban J connectivity index is 1.78. The molecule has 1 aliphatic heterocycles. The van der Waals surface area contributed by atoms with E-state index in [2.05, 4.69) is 5.32 Å². The SMILES string of the molecule is NCC1(NCC2CCCO2)CCCCC1. The molecule has 2 fully saturated rings. The van der Waals surface area contributed by atoms with Crippen LogP contribution in [0.3, 0.4) is 0 Å². The maximum atomic E-state index is 5.92. The van der Waals surface area contributed by atoms with E-state index in [1.807, 2.05) is 0 Å². The van der Waals surface area contributed by atoms with E-state index in [1.165, 1.54) is 44.9 Å². The van der Waals surface area contributed by atoms with Gasteiger partial charge in [0, 0.05) is 25.2 Å². The van der Waals surface area contributed by atoms with E-state index in [0.29, 0.717) is 6.10 Å². The molecule has 0 spiro atoms. The van der Waals surface area contributed by atoms with Crippen LogP contribution in [0.4, 0.5) is 0 Å². The van der Waals surface area contributed by atoms with Crippen molar-refractivity contribution < 1.29 is 4.74 Å². The van der Waals surface area contributed by atoms with E-state index in [-0.39, 0.29) is 5.54 Å². The molecule has 0 aromatic carbocycles. The second-order valence-corrected chi connectivity index (χ2v) is 5.06. The van der Waals surface area contributed by atoms with Gasteiger partial charge in [0.25, 0.3) is 0 Å². The Labute approximate surface area is 92.7 Å². The maximum Gasteiger partial charge on any atom is 0.0700 e. The number of rotatable bonds is 4. The summed E-state index contributed by atoms with van der Waals surface area (Å²) < 4.78 is 5.63. The van der Waals surface area contributed by atoms with Gasteiger partial charge in [0.2, 0.25) is 0 Å². The van der Waals surface area contributed by atoms with Gasteiger partial charge in [-0.15, -0.1) is 0 Å². The van der Waals surface area contributed by atoms with E-state index in [4.69, 9.17) is 10.5 Å². The molecule has 2 rings (SSSR count). The summed E-state index contributed by atoms with van der Waals surface area (Å²) in [6.07, 6.45) is 9.41. The average Bonchev–Trinajstić information content (AvgIpc) is 2.81. The van der Waals surface area contributed by atoms with Crippen LogP contribution in [0.1, 0.15) is 44.9 Å². The van der Waals surface area contributed by atoms with Crippen molar-refractivity contribution in [3.05, 3.63) is 0 Å². The Bertz CT molecular complexity index is 184. The molecule has 15 heavy (non-hydrogen) atoms. The zero-order valence-electron chi connectivity index (χ0n) is 9.63. The number of hydrogen-bond acceptors (Lipinski definition) is 3. The third-order valence-electron chi connectivity index (χ3n) is 3.93. The Morgan fingerprint density at radius 3 is 2.60 bits per heavy atom. The Morgan fingerprint density at radius 2 is 2.00 bits per heavy atom. The molecular formula is C12H24N2O. The monoisotopic (exact) mass is 212 g/mol. The molecule has 88 valence electrons. The lowest BCUT2D eigenvalue weighted by molar-refractivity contribution is 0.0956. The number of nitrogens with one attached hydrogen (secondary N) is 1. The highest BCUT2D eigenvalue weighted by Gasteiger charge is 2.31. The van der Waals surface area contributed by atoms with E-state index in [0.717, 1.165) is 19.7 Å². The second kappa shape index (κ2) is 5.28. The summed E-state index contributed by atoms with van der Waals surface area (Å²) in [7, 11) is 0. The van der Waals surface area contributed by atoms with Crippen LogP contribution in [0.5, 0.6) is 0 Å². The Hall–Kier alpha value is -0.120. The first kappa shape index (κ1) is 11.4. The van der Waals surface area contributed by atoms with Gasteiger partial charge < -0.3 is 15.8 Å². The van der Waals surface area contributed by atoms with Crippen molar-refractivity contribution in [2.24, 2.45) is 5.73 Å². The standard InChI is InChI=1S/C12H24N2O/c13-10-12(6-2-1-3-7-12)14-9-11-5-4-8-15-11/h11,14H,1-10,13H2. The molecule has 3 N–H and O–H groups in total. The summed E-state index contributed by atoms with van der Waals surface area (Å²) in [5.41, 5.74) is 6.15. The first-order valence-corrected chi connectivity index (χ1v) is 6.41. The van der Waals surface area contributed by atoms with Gasteiger partial charge in [-0.2, -0.15) is 0 Å². The molecule has 1 atom stereocenters. The molecule has 0 aromatic heterocycles. The van der Waals surface area contributed by atoms with Crippen molar-refractivity contribution in [1.29, 1.82) is 0 Å². The largest absolute Gasteiger partial charge is 0.377 e. The fraction of sp³-hybridized carbons (Fsp3) is 1.00. The van der Waals surface area contributed by atoms with E-state index in [1.54, 1.807) is 0 Å². The third-order valence-corrected chi connectivity index (χ3v) is 3.93. The summed E-state index contributed by atoms with van der Waals surface area (Å²) in [4.78, 5) is 0. The third kappa shape index (κ3) is 2.92. The van der Waals surface area contributed by atoms with Gasteiger partial charge in [0.15, 0.2) is 0 Å². The van der Waals surface area contributed by atoms with Gasteiger partial charge in [-0.1, -0.05) is 19.3 Å². The van der Waals surface area contributed by atoms with E-state index < -0.39 is 0 Å². The van der Waals surface area contributed by atoms with Crippen LogP contribution in [-0.4, -0.2) is 31.3 Å². The van der Waals surface area contributed by atoms with Gasteiger partial charge in [0.1, 0.15) is 0 Å². The second-order valence-electron chi connectivity index (χ2n) is 5.06. The smallest absolute Gasteiger partial charge is 0.0700 e. The highest BCUT2D eigenvalue weighted by atomic mass is 16.5. The molecule has 0 bridgehead atoms. The quantitative estimate of drug-likeness (QED) is 0.741. The van der Waals surface area contributed by atoms with Gasteiger partial charge in [-0.3, -0.25) is 0 Å². The molecule has 0 aromatic rings. The summed E-state index contributed by atoms with van der Waals surface area (Å²) in [5, 5.41) is 3.68. The van der Waals surface area contributed by atoms with Crippen molar-refractivity contribution in [2.45, 2.75) is 56.6 Å². The summed E-state index contributed by atoms with van der Waals surface area (Å²) in [5.74, 6) is 0. The van der Waals surface area contributed by atoms with Crippen LogP contribution < -0.4 is 11.1 Å². The van der Waals surface area contributed by atoms with Gasteiger partial charge in [-0.05, 0) is 25.7 Å². The highest BCUT2D eigenvalue weighted by molar-refractivity contribution is 4.92. The van der Waals surface area contributed by atoms with Gasteiger partial charge >= 0.3 is 0 Å². The first-order valence-electron chi connectivity index (χ1n) is 6.41. The van der Waals surface area contributed by atoms with Crippen molar-refractivity contribution in [3.63, 3.8) is 0 Å². The molecule has 3 heteroatoms. The van der Waals surface area contributed by atoms with E-state index in [9.17, 15) is 0 Å². The molecule has 3 nitrogen and oxygen atoms in total. The highest BCUT2D eigenvalue weighted by Crippen LogP contribution is 2.27. The molecule has 0 amide bonds. The van der Waals surface area contributed by atoms with E-state index >= 15 is 0 Å². The van der Waals surface area contributed by atoms with Gasteiger partial charge in [0.05, 0.1) is 6.10 Å². The molecule has 1 aliphatic carbocycles. The van der Waals surface area contributed by atoms with Crippen LogP contribution >= 0.6 is 0 Å². The number of ether oxygens (including phenoxy) is 1. The number of hydrogen-bond donors (Lipinski definition) is 2. The predicted molar refractivity (Wildman–Crippen MR) is 61.8 cm³/mol. The minimum atomic E-state index is 0.226. The average molecular weight is 212 g/mol. The molecular weight excluding hydrogens is 188 g/mol. The summed E-state index contributed by atoms with van der Waals surface area (Å²) in [6.45, 7) is 2.72. The lowest BCUT2D eigenvalue weighted by Gasteiger charge is -2.38. The summed E-state index contributed by atoms with van der Waals surface area (Å²) >= 11 is 0. The molecule has 2 aliphatic rings. The van der Waals surface area contributed by atoms with Crippen LogP contribution in [0.2, 0.25) is 0 Å². The Morgan fingerprint density at radius 1 is 1.20 bits per heavy atom. The summed E-state index contributed by atoms with van der Waals surface area (Å²) in [6, 6.07) is 0. The lowest BCUT2D eigenvalue weighted by Crippen LogP contribution is -2.54. The molecule has 1 saturated heterocycles. The predicted octanol–water partition coefficient (Wildman–Crippen LogP) is 1.42. The van der Waals surface area contributed by atoms with Crippen LogP contribution in [0.25, 0.3) is 0 Å². The molecule has 1 saturated carbocycles. The molecule has 0 radical (unpaired) electrons. The van der Waals surface area contributed by atoms with Gasteiger partial charge in [-0.25, -0.2) is 0 Å². The molecule has 1 unspecified atom stereocenters. The molecule has 1 heterocycles. The van der Waals surface area contributed by atoms with Crippen molar-refractivity contribution >= 4 is 0 Å². The van der Waals surface area contributed by atoms with Crippen LogP contribution in [0.15, 0.2) is 0 Å². The zero-order chi connectivity index (χ0) is 10.6. The lowest BCUT2D eigenvalue weighted by atomic mass is 9.81. The normalized spacial score (nSPS) is 30.6. The van der Waals surface area contributed by atoms with Crippen molar-refractivity contribution in [3.8, 4) is 0 Å². The topological polar surface area (TPSA) is 47.3 Å². The van der Waals surface area contributed by atoms with Crippen molar-refractivity contribution in [1.82, 2.24) is 5.32 Å². The zero-order valence-corrected chi connectivity index (χ0v) is 9.63. The van der Waals surface area contributed by atoms with Crippen LogP contribution in [-0.2, 0) is 4.74 Å². The minimum Gasteiger partial charge on any atom is -0.377 e. The fourth-order valence-electron chi connectivity index (χ4n) is 2.82. The van der Waals surface area contributed by atoms with Crippen molar-refractivity contribution in [2.75, 3.05) is 19.7 Å². The fourth-order valence-corrected chi connectivity index (χ4v) is 2.82. The first-order chi connectivity index (χ1) is 7.35. The number of nitrogens with two attached hydrogens (primary N) is 1. The minimum absolute atomic E-state index is 0.226. The maximum absolute atomic E-state index is 5.92.